The highest BCUT2D eigenvalue weighted by atomic mass is 35.5. The van der Waals surface area contributed by atoms with E-state index in [1.54, 1.807) is 12.1 Å². The molecule has 2 aromatic carbocycles. The van der Waals surface area contributed by atoms with Gasteiger partial charge >= 0.3 is 0 Å². The molecular formula is C18H19ClN2O3. The van der Waals surface area contributed by atoms with Crippen molar-refractivity contribution in [2.45, 2.75) is 13.3 Å². The summed E-state index contributed by atoms with van der Waals surface area (Å²) in [5.41, 5.74) is 1.53. The maximum atomic E-state index is 11.8. The molecule has 0 heterocycles. The summed E-state index contributed by atoms with van der Waals surface area (Å²) in [6.07, 6.45) is 0.179. The van der Waals surface area contributed by atoms with E-state index in [9.17, 15) is 9.59 Å². The van der Waals surface area contributed by atoms with Gasteiger partial charge in [-0.05, 0) is 36.8 Å². The Kier molecular flexibility index (Phi) is 6.63. The molecule has 2 rings (SSSR count). The van der Waals surface area contributed by atoms with Gasteiger partial charge in [0, 0.05) is 10.7 Å². The van der Waals surface area contributed by atoms with Crippen molar-refractivity contribution in [3.63, 3.8) is 0 Å². The van der Waals surface area contributed by atoms with Gasteiger partial charge < -0.3 is 15.4 Å². The molecule has 0 radical (unpaired) electrons. The maximum absolute atomic E-state index is 11.8. The van der Waals surface area contributed by atoms with Gasteiger partial charge in [-0.25, -0.2) is 0 Å². The molecule has 0 bridgehead atoms. The average molecular weight is 347 g/mol. The van der Waals surface area contributed by atoms with Crippen LogP contribution in [0, 0.1) is 6.92 Å². The van der Waals surface area contributed by atoms with Gasteiger partial charge in [-0.15, -0.1) is 0 Å². The second kappa shape index (κ2) is 8.93. The molecule has 2 amide bonds. The van der Waals surface area contributed by atoms with Gasteiger partial charge in [-0.3, -0.25) is 9.59 Å². The predicted octanol–water partition coefficient (Wildman–Crippen LogP) is 3.17. The molecule has 2 aromatic rings. The molecule has 5 nitrogen and oxygen atoms in total. The minimum Gasteiger partial charge on any atom is -0.493 e. The van der Waals surface area contributed by atoms with Gasteiger partial charge in [0.25, 0.3) is 0 Å². The Labute approximate surface area is 146 Å². The molecule has 0 atom stereocenters. The van der Waals surface area contributed by atoms with Crippen molar-refractivity contribution in [3.8, 4) is 5.75 Å². The van der Waals surface area contributed by atoms with Crippen LogP contribution >= 0.6 is 11.6 Å². The fourth-order valence-corrected chi connectivity index (χ4v) is 2.10. The molecule has 0 aliphatic heterocycles. The number of aryl methyl sites for hydroxylation is 1. The van der Waals surface area contributed by atoms with E-state index in [4.69, 9.17) is 16.3 Å². The first-order valence-electron chi connectivity index (χ1n) is 7.55. The van der Waals surface area contributed by atoms with Crippen LogP contribution in [0.2, 0.25) is 5.02 Å². The molecule has 0 aliphatic rings. The fraction of sp³-hybridized carbons (Fsp3) is 0.222. The van der Waals surface area contributed by atoms with Crippen LogP contribution < -0.4 is 15.4 Å². The zero-order chi connectivity index (χ0) is 17.4. The number of anilines is 1. The van der Waals surface area contributed by atoms with Crippen molar-refractivity contribution in [2.75, 3.05) is 18.5 Å². The third kappa shape index (κ3) is 5.93. The molecule has 2 N–H and O–H groups in total. The van der Waals surface area contributed by atoms with Crippen LogP contribution in [0.25, 0.3) is 0 Å². The first-order valence-corrected chi connectivity index (χ1v) is 7.93. The van der Waals surface area contributed by atoms with Gasteiger partial charge in [0.15, 0.2) is 0 Å². The molecular weight excluding hydrogens is 328 g/mol. The molecule has 6 heteroatoms. The summed E-state index contributed by atoms with van der Waals surface area (Å²) in [6.45, 7) is 2.03. The minimum atomic E-state index is -0.313. The largest absolute Gasteiger partial charge is 0.493 e. The first-order chi connectivity index (χ1) is 11.5. The zero-order valence-electron chi connectivity index (χ0n) is 13.3. The van der Waals surface area contributed by atoms with Crippen molar-refractivity contribution in [2.24, 2.45) is 0 Å². The van der Waals surface area contributed by atoms with Crippen LogP contribution in [0.3, 0.4) is 0 Å². The number of carbonyl (C=O) groups excluding carboxylic acids is 2. The van der Waals surface area contributed by atoms with E-state index in [-0.39, 0.29) is 31.4 Å². The SMILES string of the molecule is Cc1ccc(NC(=O)CNC(=O)CCOc2ccccc2)cc1Cl. The number of hydrogen-bond donors (Lipinski definition) is 2. The van der Waals surface area contributed by atoms with Gasteiger partial charge in [-0.2, -0.15) is 0 Å². The summed E-state index contributed by atoms with van der Waals surface area (Å²) < 4.78 is 5.43. The Bertz CT molecular complexity index is 705. The highest BCUT2D eigenvalue weighted by Crippen LogP contribution is 2.19. The smallest absolute Gasteiger partial charge is 0.243 e. The molecule has 0 aliphatic carbocycles. The van der Waals surface area contributed by atoms with Crippen LogP contribution in [0.5, 0.6) is 5.75 Å². The van der Waals surface area contributed by atoms with Crippen molar-refractivity contribution in [1.29, 1.82) is 0 Å². The van der Waals surface area contributed by atoms with Gasteiger partial charge in [0.1, 0.15) is 5.75 Å². The molecule has 0 saturated heterocycles. The topological polar surface area (TPSA) is 67.4 Å². The third-order valence-electron chi connectivity index (χ3n) is 3.24. The molecule has 24 heavy (non-hydrogen) atoms. The number of rotatable bonds is 7. The van der Waals surface area contributed by atoms with Crippen molar-refractivity contribution in [1.82, 2.24) is 5.32 Å². The first kappa shape index (κ1) is 17.8. The normalized spacial score (nSPS) is 10.1. The summed E-state index contributed by atoms with van der Waals surface area (Å²) in [5, 5.41) is 5.81. The zero-order valence-corrected chi connectivity index (χ0v) is 14.1. The second-order valence-corrected chi connectivity index (χ2v) is 5.61. The van der Waals surface area contributed by atoms with Crippen LogP contribution in [0.1, 0.15) is 12.0 Å². The highest BCUT2D eigenvalue weighted by Gasteiger charge is 2.07. The number of hydrogen-bond acceptors (Lipinski definition) is 3. The number of ether oxygens (including phenoxy) is 1. The minimum absolute atomic E-state index is 0.102. The van der Waals surface area contributed by atoms with E-state index < -0.39 is 0 Å². The molecule has 0 fully saturated rings. The highest BCUT2D eigenvalue weighted by molar-refractivity contribution is 6.31. The summed E-state index contributed by atoms with van der Waals surface area (Å²) in [5.74, 6) is 0.148. The van der Waals surface area contributed by atoms with E-state index in [1.807, 2.05) is 43.3 Å². The van der Waals surface area contributed by atoms with Gasteiger partial charge in [-0.1, -0.05) is 35.9 Å². The molecule has 0 spiro atoms. The predicted molar refractivity (Wildman–Crippen MR) is 94.4 cm³/mol. The Hall–Kier alpha value is -2.53. The Morgan fingerprint density at radius 1 is 1.08 bits per heavy atom. The maximum Gasteiger partial charge on any atom is 0.243 e. The molecule has 0 aromatic heterocycles. The fourth-order valence-electron chi connectivity index (χ4n) is 1.92. The lowest BCUT2D eigenvalue weighted by atomic mass is 10.2. The number of halogens is 1. The van der Waals surface area contributed by atoms with E-state index >= 15 is 0 Å². The van der Waals surface area contributed by atoms with Crippen molar-refractivity contribution in [3.05, 3.63) is 59.1 Å². The lowest BCUT2D eigenvalue weighted by Crippen LogP contribution is -2.33. The Morgan fingerprint density at radius 2 is 1.83 bits per heavy atom. The van der Waals surface area contributed by atoms with Crippen LogP contribution in [-0.2, 0) is 9.59 Å². The number of carbonyl (C=O) groups is 2. The molecule has 126 valence electrons. The van der Waals surface area contributed by atoms with E-state index in [2.05, 4.69) is 10.6 Å². The van der Waals surface area contributed by atoms with Crippen molar-refractivity contribution >= 4 is 29.1 Å². The monoisotopic (exact) mass is 346 g/mol. The van der Waals surface area contributed by atoms with Crippen molar-refractivity contribution < 1.29 is 14.3 Å². The lowest BCUT2D eigenvalue weighted by molar-refractivity contribution is -0.124. The van der Waals surface area contributed by atoms with E-state index in [0.717, 1.165) is 5.56 Å². The number of amides is 2. The molecule has 0 unspecified atom stereocenters. The molecule has 0 saturated carbocycles. The standard InChI is InChI=1S/C18H19ClN2O3/c1-13-7-8-14(11-16(13)19)21-18(23)12-20-17(22)9-10-24-15-5-3-2-4-6-15/h2-8,11H,9-10,12H2,1H3,(H,20,22)(H,21,23). The summed E-state index contributed by atoms with van der Waals surface area (Å²) in [6, 6.07) is 14.5. The Balaban J connectivity index is 1.67. The third-order valence-corrected chi connectivity index (χ3v) is 3.65. The lowest BCUT2D eigenvalue weighted by Gasteiger charge is -2.09. The van der Waals surface area contributed by atoms with E-state index in [0.29, 0.717) is 16.5 Å². The summed E-state index contributed by atoms with van der Waals surface area (Å²) in [4.78, 5) is 23.5. The summed E-state index contributed by atoms with van der Waals surface area (Å²) >= 11 is 6.00. The van der Waals surface area contributed by atoms with Crippen LogP contribution in [0.15, 0.2) is 48.5 Å². The quantitative estimate of drug-likeness (QED) is 0.809. The number of benzene rings is 2. The number of para-hydroxylation sites is 1. The van der Waals surface area contributed by atoms with E-state index in [1.165, 1.54) is 0 Å². The van der Waals surface area contributed by atoms with Gasteiger partial charge in [0.2, 0.25) is 11.8 Å². The Morgan fingerprint density at radius 3 is 2.54 bits per heavy atom. The van der Waals surface area contributed by atoms with Crippen LogP contribution in [-0.4, -0.2) is 25.0 Å². The number of nitrogens with one attached hydrogen (secondary N) is 2. The summed E-state index contributed by atoms with van der Waals surface area (Å²) in [7, 11) is 0. The van der Waals surface area contributed by atoms with Gasteiger partial charge in [0.05, 0.1) is 19.6 Å². The second-order valence-electron chi connectivity index (χ2n) is 5.20. The van der Waals surface area contributed by atoms with Crippen LogP contribution in [0.4, 0.5) is 5.69 Å². The average Bonchev–Trinajstić information content (AvgIpc) is 2.57.